The monoisotopic (exact) mass is 270 g/mol. The summed E-state index contributed by atoms with van der Waals surface area (Å²) < 4.78 is 14.0. The molecule has 0 unspecified atom stereocenters. The number of hydrogen-bond donors (Lipinski definition) is 1. The molecule has 20 heavy (non-hydrogen) atoms. The van der Waals surface area contributed by atoms with E-state index >= 15 is 0 Å². The van der Waals surface area contributed by atoms with Crippen LogP contribution in [0.5, 0.6) is 0 Å². The van der Waals surface area contributed by atoms with Crippen LogP contribution in [0.1, 0.15) is 5.56 Å². The maximum atomic E-state index is 12.8. The van der Waals surface area contributed by atoms with E-state index in [2.05, 4.69) is 15.6 Å². The number of aromatic nitrogens is 3. The molecule has 0 aliphatic rings. The van der Waals surface area contributed by atoms with E-state index in [1.165, 1.54) is 16.8 Å². The Kier molecular flexibility index (Phi) is 3.12. The molecule has 3 aromatic rings. The Labute approximate surface area is 114 Å². The summed E-state index contributed by atoms with van der Waals surface area (Å²) in [6, 6.07) is 12.8. The van der Waals surface area contributed by atoms with E-state index in [1.807, 2.05) is 12.1 Å². The van der Waals surface area contributed by atoms with Crippen LogP contribution in [0.2, 0.25) is 0 Å². The van der Waals surface area contributed by atoms with Gasteiger partial charge in [0.05, 0.1) is 5.52 Å². The molecule has 1 aromatic heterocycles. The van der Waals surface area contributed by atoms with Crippen LogP contribution in [0.4, 0.5) is 9.18 Å². The lowest BCUT2D eigenvalue weighted by atomic mass is 10.2. The molecule has 6 heteroatoms. The zero-order valence-electron chi connectivity index (χ0n) is 10.5. The van der Waals surface area contributed by atoms with Crippen LogP contribution < -0.4 is 5.32 Å². The van der Waals surface area contributed by atoms with Crippen LogP contribution >= 0.6 is 0 Å². The van der Waals surface area contributed by atoms with E-state index in [0.717, 1.165) is 5.56 Å². The molecule has 0 saturated carbocycles. The Hall–Kier alpha value is -2.76. The number of para-hydroxylation sites is 1. The smallest absolute Gasteiger partial charge is 0.332 e. The minimum atomic E-state index is -0.372. The Balaban J connectivity index is 1.75. The van der Waals surface area contributed by atoms with Gasteiger partial charge in [-0.05, 0) is 29.8 Å². The van der Waals surface area contributed by atoms with Crippen molar-refractivity contribution in [1.29, 1.82) is 0 Å². The molecule has 0 aliphatic carbocycles. The minimum absolute atomic E-state index is 0.299. The Morgan fingerprint density at radius 2 is 1.90 bits per heavy atom. The molecule has 1 N–H and O–H groups in total. The highest BCUT2D eigenvalue weighted by atomic mass is 19.1. The lowest BCUT2D eigenvalue weighted by Gasteiger charge is -2.05. The second kappa shape index (κ2) is 5.08. The van der Waals surface area contributed by atoms with Gasteiger partial charge in [0.1, 0.15) is 11.3 Å². The standard InChI is InChI=1S/C14H11FN4O/c15-11-7-5-10(6-8-11)9-16-14(20)19-13-4-2-1-3-12(13)17-18-19/h1-8H,9H2,(H,16,20). The van der Waals surface area contributed by atoms with Crippen molar-refractivity contribution in [2.24, 2.45) is 0 Å². The van der Waals surface area contributed by atoms with Gasteiger partial charge in [-0.1, -0.05) is 29.5 Å². The Morgan fingerprint density at radius 3 is 2.70 bits per heavy atom. The molecule has 5 nitrogen and oxygen atoms in total. The van der Waals surface area contributed by atoms with Gasteiger partial charge in [-0.15, -0.1) is 5.10 Å². The first kappa shape index (κ1) is 12.3. The van der Waals surface area contributed by atoms with Crippen molar-refractivity contribution in [2.75, 3.05) is 0 Å². The van der Waals surface area contributed by atoms with Gasteiger partial charge >= 0.3 is 6.03 Å². The maximum absolute atomic E-state index is 12.8. The highest BCUT2D eigenvalue weighted by Gasteiger charge is 2.10. The average molecular weight is 270 g/mol. The lowest BCUT2D eigenvalue weighted by Crippen LogP contribution is -2.28. The van der Waals surface area contributed by atoms with Crippen molar-refractivity contribution in [3.05, 3.63) is 59.9 Å². The topological polar surface area (TPSA) is 59.8 Å². The zero-order chi connectivity index (χ0) is 13.9. The van der Waals surface area contributed by atoms with Crippen LogP contribution in [0.3, 0.4) is 0 Å². The zero-order valence-corrected chi connectivity index (χ0v) is 10.5. The van der Waals surface area contributed by atoms with Crippen molar-refractivity contribution >= 4 is 17.1 Å². The van der Waals surface area contributed by atoms with Crippen molar-refractivity contribution in [1.82, 2.24) is 20.3 Å². The first-order valence-corrected chi connectivity index (χ1v) is 6.07. The molecule has 3 rings (SSSR count). The number of carbonyl (C=O) groups is 1. The molecule has 100 valence electrons. The van der Waals surface area contributed by atoms with Crippen molar-refractivity contribution < 1.29 is 9.18 Å². The van der Waals surface area contributed by atoms with Crippen LogP contribution in [0, 0.1) is 5.82 Å². The number of rotatable bonds is 2. The fourth-order valence-electron chi connectivity index (χ4n) is 1.87. The summed E-state index contributed by atoms with van der Waals surface area (Å²) >= 11 is 0. The van der Waals surface area contributed by atoms with E-state index < -0.39 is 0 Å². The number of nitrogens with zero attached hydrogens (tertiary/aromatic N) is 3. The summed E-state index contributed by atoms with van der Waals surface area (Å²) in [5, 5.41) is 10.4. The molecule has 0 atom stereocenters. The molecule has 0 fully saturated rings. The summed E-state index contributed by atoms with van der Waals surface area (Å²) in [6.07, 6.45) is 0. The van der Waals surface area contributed by atoms with Gasteiger partial charge < -0.3 is 5.32 Å². The molecular weight excluding hydrogens is 259 g/mol. The highest BCUT2D eigenvalue weighted by molar-refractivity contribution is 5.87. The number of amides is 1. The molecular formula is C14H11FN4O. The third-order valence-electron chi connectivity index (χ3n) is 2.90. The summed E-state index contributed by atoms with van der Waals surface area (Å²) in [7, 11) is 0. The molecule has 0 spiro atoms. The fourth-order valence-corrected chi connectivity index (χ4v) is 1.87. The predicted molar refractivity (Wildman–Crippen MR) is 71.6 cm³/mol. The molecule has 0 saturated heterocycles. The Morgan fingerprint density at radius 1 is 1.15 bits per heavy atom. The maximum Gasteiger partial charge on any atom is 0.344 e. The van der Waals surface area contributed by atoms with E-state index in [0.29, 0.717) is 17.6 Å². The summed E-state index contributed by atoms with van der Waals surface area (Å²) in [4.78, 5) is 12.0. The van der Waals surface area contributed by atoms with Crippen molar-refractivity contribution in [3.8, 4) is 0 Å². The molecule has 0 aliphatic heterocycles. The first-order chi connectivity index (χ1) is 9.74. The molecule has 1 amide bonds. The molecule has 0 bridgehead atoms. The Bertz CT molecular complexity index is 751. The van der Waals surface area contributed by atoms with Gasteiger partial charge in [0.2, 0.25) is 0 Å². The lowest BCUT2D eigenvalue weighted by molar-refractivity contribution is 0.239. The van der Waals surface area contributed by atoms with Gasteiger partial charge in [-0.2, -0.15) is 4.68 Å². The van der Waals surface area contributed by atoms with Crippen molar-refractivity contribution in [3.63, 3.8) is 0 Å². The molecule has 1 heterocycles. The number of nitrogens with one attached hydrogen (secondary N) is 1. The summed E-state index contributed by atoms with van der Waals surface area (Å²) in [6.45, 7) is 0.299. The minimum Gasteiger partial charge on any atom is -0.332 e. The van der Waals surface area contributed by atoms with Gasteiger partial charge in [0.15, 0.2) is 0 Å². The first-order valence-electron chi connectivity index (χ1n) is 6.07. The van der Waals surface area contributed by atoms with Gasteiger partial charge in [-0.3, -0.25) is 0 Å². The second-order valence-corrected chi connectivity index (χ2v) is 4.28. The molecule has 2 aromatic carbocycles. The summed E-state index contributed by atoms with van der Waals surface area (Å²) in [5.74, 6) is -0.303. The third kappa shape index (κ3) is 2.35. The van der Waals surface area contributed by atoms with E-state index in [1.54, 1.807) is 24.3 Å². The largest absolute Gasteiger partial charge is 0.344 e. The summed E-state index contributed by atoms with van der Waals surface area (Å²) in [5.41, 5.74) is 2.11. The quantitative estimate of drug-likeness (QED) is 0.777. The fraction of sp³-hybridized carbons (Fsp3) is 0.0714. The van der Waals surface area contributed by atoms with Crippen LogP contribution in [0.25, 0.3) is 11.0 Å². The predicted octanol–water partition coefficient (Wildman–Crippen LogP) is 2.33. The number of fused-ring (bicyclic) bond motifs is 1. The molecule has 0 radical (unpaired) electrons. The normalized spacial score (nSPS) is 10.7. The number of carbonyl (C=O) groups excluding carboxylic acids is 1. The van der Waals surface area contributed by atoms with Crippen LogP contribution in [-0.2, 0) is 6.54 Å². The van der Waals surface area contributed by atoms with Crippen LogP contribution in [-0.4, -0.2) is 21.0 Å². The van der Waals surface area contributed by atoms with Gasteiger partial charge in [-0.25, -0.2) is 9.18 Å². The van der Waals surface area contributed by atoms with E-state index in [9.17, 15) is 9.18 Å². The van der Waals surface area contributed by atoms with Crippen LogP contribution in [0.15, 0.2) is 48.5 Å². The second-order valence-electron chi connectivity index (χ2n) is 4.28. The number of halogens is 1. The number of hydrogen-bond acceptors (Lipinski definition) is 3. The van der Waals surface area contributed by atoms with Crippen molar-refractivity contribution in [2.45, 2.75) is 6.54 Å². The van der Waals surface area contributed by atoms with Gasteiger partial charge in [0.25, 0.3) is 0 Å². The van der Waals surface area contributed by atoms with E-state index in [-0.39, 0.29) is 11.8 Å². The average Bonchev–Trinajstić information content (AvgIpc) is 2.90. The third-order valence-corrected chi connectivity index (χ3v) is 2.90. The number of benzene rings is 2. The SMILES string of the molecule is O=C(NCc1ccc(F)cc1)n1nnc2ccccc21. The van der Waals surface area contributed by atoms with E-state index in [4.69, 9.17) is 0 Å². The highest BCUT2D eigenvalue weighted by Crippen LogP contribution is 2.09. The van der Waals surface area contributed by atoms with Gasteiger partial charge in [0, 0.05) is 6.54 Å².